The highest BCUT2D eigenvalue weighted by molar-refractivity contribution is 5.94. The number of aliphatic hydroxyl groups is 1. The molecule has 0 aliphatic carbocycles. The van der Waals surface area contributed by atoms with E-state index in [0.29, 0.717) is 6.42 Å². The normalized spacial score (nSPS) is 15.1. The summed E-state index contributed by atoms with van der Waals surface area (Å²) in [5.74, 6) is -5.76. The Balaban J connectivity index is 5.39. The maximum atomic E-state index is 12.9. The van der Waals surface area contributed by atoms with Gasteiger partial charge >= 0.3 is 11.9 Å². The summed E-state index contributed by atoms with van der Waals surface area (Å²) in [6.07, 6.45) is -1.59. The first kappa shape index (κ1) is 31.5. The SMILES string of the molecule is CC(C)C(NC(=O)C(CCC(=O)O)NC(=O)C(N)CCCN=C(N)N)C(=O)NC(C(=O)O)C(C)O. The Hall–Kier alpha value is -3.46. The zero-order chi connectivity index (χ0) is 27.3. The van der Waals surface area contributed by atoms with Crippen LogP contribution in [0, 0.1) is 5.92 Å². The molecule has 0 aromatic rings. The smallest absolute Gasteiger partial charge is 0.328 e. The molecule has 12 N–H and O–H groups in total. The number of guanidine groups is 1. The van der Waals surface area contributed by atoms with Crippen LogP contribution in [0.2, 0.25) is 0 Å². The van der Waals surface area contributed by atoms with Gasteiger partial charge in [-0.2, -0.15) is 0 Å². The Morgan fingerprint density at radius 3 is 1.89 bits per heavy atom. The molecule has 5 unspecified atom stereocenters. The minimum atomic E-state index is -1.61. The number of carbonyl (C=O) groups is 5. The van der Waals surface area contributed by atoms with Crippen molar-refractivity contribution in [3.05, 3.63) is 0 Å². The first-order chi connectivity index (χ1) is 16.2. The summed E-state index contributed by atoms with van der Waals surface area (Å²) in [6, 6.07) is -5.21. The maximum Gasteiger partial charge on any atom is 0.328 e. The van der Waals surface area contributed by atoms with E-state index in [1.165, 1.54) is 6.92 Å². The molecule has 0 saturated carbocycles. The van der Waals surface area contributed by atoms with Gasteiger partial charge in [-0.05, 0) is 32.1 Å². The van der Waals surface area contributed by atoms with Crippen LogP contribution in [-0.4, -0.2) is 87.8 Å². The van der Waals surface area contributed by atoms with E-state index in [1.807, 2.05) is 0 Å². The van der Waals surface area contributed by atoms with Gasteiger partial charge in [-0.25, -0.2) is 4.79 Å². The molecule has 0 saturated heterocycles. The molecule has 3 amide bonds. The second-order valence-corrected chi connectivity index (χ2v) is 8.34. The van der Waals surface area contributed by atoms with E-state index in [-0.39, 0.29) is 25.3 Å². The van der Waals surface area contributed by atoms with Gasteiger partial charge < -0.3 is 48.5 Å². The lowest BCUT2D eigenvalue weighted by molar-refractivity contribution is -0.145. The minimum absolute atomic E-state index is 0.111. The van der Waals surface area contributed by atoms with E-state index in [1.54, 1.807) is 13.8 Å². The number of nitrogens with two attached hydrogens (primary N) is 3. The van der Waals surface area contributed by atoms with Crippen molar-refractivity contribution >= 4 is 35.6 Å². The molecule has 0 bridgehead atoms. The second kappa shape index (κ2) is 15.4. The third kappa shape index (κ3) is 12.5. The van der Waals surface area contributed by atoms with E-state index in [4.69, 9.17) is 27.4 Å². The quantitative estimate of drug-likeness (QED) is 0.0574. The van der Waals surface area contributed by atoms with Gasteiger partial charge in [0.2, 0.25) is 17.7 Å². The molecule has 5 atom stereocenters. The summed E-state index contributed by atoms with van der Waals surface area (Å²) in [5.41, 5.74) is 16.3. The van der Waals surface area contributed by atoms with Crippen LogP contribution in [0.3, 0.4) is 0 Å². The predicted octanol–water partition coefficient (Wildman–Crippen LogP) is -3.19. The number of nitrogens with zero attached hydrogens (tertiary/aromatic N) is 1. The van der Waals surface area contributed by atoms with Crippen molar-refractivity contribution in [1.82, 2.24) is 16.0 Å². The molecule has 15 nitrogen and oxygen atoms in total. The molecule has 0 radical (unpaired) electrons. The van der Waals surface area contributed by atoms with Crippen molar-refractivity contribution in [1.29, 1.82) is 0 Å². The Morgan fingerprint density at radius 1 is 0.857 bits per heavy atom. The van der Waals surface area contributed by atoms with Gasteiger partial charge in [0.25, 0.3) is 0 Å². The van der Waals surface area contributed by atoms with Crippen LogP contribution in [0.1, 0.15) is 46.5 Å². The van der Waals surface area contributed by atoms with Gasteiger partial charge in [-0.3, -0.25) is 24.2 Å². The molecule has 15 heteroatoms. The van der Waals surface area contributed by atoms with Gasteiger partial charge in [-0.15, -0.1) is 0 Å². The van der Waals surface area contributed by atoms with Crippen LogP contribution in [0.25, 0.3) is 0 Å². The molecule has 0 heterocycles. The first-order valence-corrected chi connectivity index (χ1v) is 11.0. The van der Waals surface area contributed by atoms with Crippen molar-refractivity contribution in [3.63, 3.8) is 0 Å². The summed E-state index contributed by atoms with van der Waals surface area (Å²) in [7, 11) is 0. The van der Waals surface area contributed by atoms with E-state index in [9.17, 15) is 29.1 Å². The molecular weight excluding hydrogens is 466 g/mol. The van der Waals surface area contributed by atoms with Crippen LogP contribution in [0.4, 0.5) is 0 Å². The fourth-order valence-corrected chi connectivity index (χ4v) is 2.89. The van der Waals surface area contributed by atoms with Crippen LogP contribution in [0.5, 0.6) is 0 Å². The Morgan fingerprint density at radius 2 is 1.43 bits per heavy atom. The third-order valence-corrected chi connectivity index (χ3v) is 4.88. The average molecular weight is 504 g/mol. The highest BCUT2D eigenvalue weighted by atomic mass is 16.4. The first-order valence-electron chi connectivity index (χ1n) is 11.0. The molecule has 0 aliphatic rings. The van der Waals surface area contributed by atoms with E-state index >= 15 is 0 Å². The van der Waals surface area contributed by atoms with E-state index < -0.39 is 72.3 Å². The monoisotopic (exact) mass is 503 g/mol. The fraction of sp³-hybridized carbons (Fsp3) is 0.700. The van der Waals surface area contributed by atoms with Gasteiger partial charge in [0.15, 0.2) is 12.0 Å². The molecule has 0 rings (SSSR count). The summed E-state index contributed by atoms with van der Waals surface area (Å²) in [4.78, 5) is 64.0. The molecular formula is C20H37N7O8. The Labute approximate surface area is 202 Å². The average Bonchev–Trinajstić information content (AvgIpc) is 2.74. The molecule has 200 valence electrons. The van der Waals surface area contributed by atoms with Crippen molar-refractivity contribution in [2.45, 2.75) is 76.7 Å². The number of rotatable bonds is 16. The number of carboxylic acids is 2. The number of carbonyl (C=O) groups excluding carboxylic acids is 3. The number of aliphatic carboxylic acids is 2. The number of amides is 3. The second-order valence-electron chi connectivity index (χ2n) is 8.34. The molecule has 0 fully saturated rings. The largest absolute Gasteiger partial charge is 0.481 e. The highest BCUT2D eigenvalue weighted by Gasteiger charge is 2.33. The van der Waals surface area contributed by atoms with Gasteiger partial charge in [0, 0.05) is 13.0 Å². The lowest BCUT2D eigenvalue weighted by Gasteiger charge is -2.27. The number of carboxylic acid groups (broad SMARTS) is 2. The lowest BCUT2D eigenvalue weighted by atomic mass is 10.0. The molecule has 0 spiro atoms. The summed E-state index contributed by atoms with van der Waals surface area (Å²) in [6.45, 7) is 4.58. The lowest BCUT2D eigenvalue weighted by Crippen LogP contribution is -2.59. The zero-order valence-electron chi connectivity index (χ0n) is 20.1. The van der Waals surface area contributed by atoms with Gasteiger partial charge in [0.05, 0.1) is 12.1 Å². The van der Waals surface area contributed by atoms with Crippen LogP contribution in [0.15, 0.2) is 4.99 Å². The Bertz CT molecular complexity index is 783. The zero-order valence-corrected chi connectivity index (χ0v) is 20.1. The third-order valence-electron chi connectivity index (χ3n) is 4.88. The Kier molecular flexibility index (Phi) is 13.9. The fourth-order valence-electron chi connectivity index (χ4n) is 2.89. The van der Waals surface area contributed by atoms with Crippen LogP contribution < -0.4 is 33.2 Å². The van der Waals surface area contributed by atoms with Crippen molar-refractivity contribution in [2.75, 3.05) is 6.54 Å². The van der Waals surface area contributed by atoms with Crippen molar-refractivity contribution < 1.29 is 39.3 Å². The minimum Gasteiger partial charge on any atom is -0.481 e. The van der Waals surface area contributed by atoms with Crippen LogP contribution in [-0.2, 0) is 24.0 Å². The number of aliphatic hydroxyl groups excluding tert-OH is 1. The molecule has 0 aromatic heterocycles. The standard InChI is InChI=1S/C20H37N7O8/c1-9(2)14(18(33)27-15(10(3)28)19(34)35)26-17(32)12(6-7-13(29)30)25-16(31)11(21)5-4-8-24-20(22)23/h9-12,14-15,28H,4-8,21H2,1-3H3,(H,25,31)(H,26,32)(H,27,33)(H,29,30)(H,34,35)(H4,22,23,24). The summed E-state index contributed by atoms with van der Waals surface area (Å²) in [5, 5.41) is 34.7. The number of aliphatic imine (C=N–C) groups is 1. The van der Waals surface area contributed by atoms with E-state index in [0.717, 1.165) is 0 Å². The summed E-state index contributed by atoms with van der Waals surface area (Å²) < 4.78 is 0. The maximum absolute atomic E-state index is 12.9. The number of hydrogen-bond donors (Lipinski definition) is 9. The topological polar surface area (TPSA) is 273 Å². The number of hydrogen-bond acceptors (Lipinski definition) is 8. The number of nitrogens with one attached hydrogen (secondary N) is 3. The summed E-state index contributed by atoms with van der Waals surface area (Å²) >= 11 is 0. The molecule has 0 aromatic carbocycles. The molecule has 0 aliphatic heterocycles. The van der Waals surface area contributed by atoms with E-state index in [2.05, 4.69) is 20.9 Å². The van der Waals surface area contributed by atoms with Crippen LogP contribution >= 0.6 is 0 Å². The van der Waals surface area contributed by atoms with Crippen molar-refractivity contribution in [3.8, 4) is 0 Å². The van der Waals surface area contributed by atoms with Crippen molar-refractivity contribution in [2.24, 2.45) is 28.1 Å². The van der Waals surface area contributed by atoms with Gasteiger partial charge in [0.1, 0.15) is 12.1 Å². The molecule has 35 heavy (non-hydrogen) atoms. The van der Waals surface area contributed by atoms with Gasteiger partial charge in [-0.1, -0.05) is 13.8 Å². The highest BCUT2D eigenvalue weighted by Crippen LogP contribution is 2.07. The predicted molar refractivity (Wildman–Crippen MR) is 125 cm³/mol.